The smallest absolute Gasteiger partial charge is 0.273 e. The Morgan fingerprint density at radius 2 is 2.26 bits per heavy atom. The van der Waals surface area contributed by atoms with E-state index in [0.717, 1.165) is 4.47 Å². The summed E-state index contributed by atoms with van der Waals surface area (Å²) in [6, 6.07) is 3.53. The Hall–Kier alpha value is -1.40. The Balaban J connectivity index is 2.25. The lowest BCUT2D eigenvalue weighted by atomic mass is 10.3. The fourth-order valence-electron chi connectivity index (χ4n) is 1.64. The zero-order valence-electron chi connectivity index (χ0n) is 10.4. The molecule has 0 saturated heterocycles. The van der Waals surface area contributed by atoms with Gasteiger partial charge in [0.1, 0.15) is 11.5 Å². The number of nitrogens with zero attached hydrogens (tertiary/aromatic N) is 3. The Morgan fingerprint density at radius 1 is 1.53 bits per heavy atom. The van der Waals surface area contributed by atoms with E-state index in [0.29, 0.717) is 11.5 Å². The van der Waals surface area contributed by atoms with Crippen molar-refractivity contribution in [2.45, 2.75) is 19.9 Å². The van der Waals surface area contributed by atoms with Gasteiger partial charge < -0.3 is 9.88 Å². The van der Waals surface area contributed by atoms with Crippen LogP contribution in [0.2, 0.25) is 5.28 Å². The third-order valence-electron chi connectivity index (χ3n) is 2.47. The lowest BCUT2D eigenvalue weighted by Gasteiger charge is -2.12. The first-order valence-electron chi connectivity index (χ1n) is 5.64. The zero-order valence-corrected chi connectivity index (χ0v) is 12.7. The molecule has 1 amide bonds. The molecule has 0 atom stereocenters. The fourth-order valence-corrected chi connectivity index (χ4v) is 2.22. The SMILES string of the molecule is CC(C)n1cc(Br)cc1C(=O)Nc1ccnc(Cl)n1. The molecule has 5 nitrogen and oxygen atoms in total. The van der Waals surface area contributed by atoms with Gasteiger partial charge in [-0.25, -0.2) is 9.97 Å². The first-order chi connectivity index (χ1) is 8.97. The molecule has 7 heteroatoms. The van der Waals surface area contributed by atoms with Gasteiger partial charge in [-0.15, -0.1) is 0 Å². The lowest BCUT2D eigenvalue weighted by molar-refractivity contribution is 0.101. The Kier molecular flexibility index (Phi) is 4.21. The largest absolute Gasteiger partial charge is 0.340 e. The Morgan fingerprint density at radius 3 is 2.89 bits per heavy atom. The predicted molar refractivity (Wildman–Crippen MR) is 77.5 cm³/mol. The lowest BCUT2D eigenvalue weighted by Crippen LogP contribution is -2.18. The van der Waals surface area contributed by atoms with Crippen molar-refractivity contribution in [3.63, 3.8) is 0 Å². The second kappa shape index (κ2) is 5.71. The van der Waals surface area contributed by atoms with Gasteiger partial charge in [0.25, 0.3) is 5.91 Å². The Labute approximate surface area is 124 Å². The monoisotopic (exact) mass is 342 g/mol. The van der Waals surface area contributed by atoms with Gasteiger partial charge in [-0.2, -0.15) is 0 Å². The second-order valence-electron chi connectivity index (χ2n) is 4.21. The Bertz CT molecular complexity index is 612. The van der Waals surface area contributed by atoms with Crippen molar-refractivity contribution in [3.05, 3.63) is 40.0 Å². The van der Waals surface area contributed by atoms with Crippen molar-refractivity contribution in [3.8, 4) is 0 Å². The van der Waals surface area contributed by atoms with Gasteiger partial charge in [0, 0.05) is 22.9 Å². The summed E-state index contributed by atoms with van der Waals surface area (Å²) in [5.41, 5.74) is 0.552. The van der Waals surface area contributed by atoms with E-state index < -0.39 is 0 Å². The summed E-state index contributed by atoms with van der Waals surface area (Å²) >= 11 is 9.04. The number of amides is 1. The molecule has 0 aliphatic rings. The molecular weight excluding hydrogens is 332 g/mol. The molecule has 1 N–H and O–H groups in total. The standard InChI is InChI=1S/C12H12BrClN4O/c1-7(2)18-6-8(13)5-9(18)11(19)16-10-3-4-15-12(14)17-10/h3-7H,1-2H3,(H,15,16,17,19). The highest BCUT2D eigenvalue weighted by Gasteiger charge is 2.15. The fraction of sp³-hybridized carbons (Fsp3) is 0.250. The molecule has 2 aromatic rings. The molecule has 2 heterocycles. The third kappa shape index (κ3) is 3.33. The minimum Gasteiger partial charge on any atom is -0.340 e. The number of halogens is 2. The van der Waals surface area contributed by atoms with E-state index in [1.807, 2.05) is 24.6 Å². The minimum atomic E-state index is -0.242. The molecule has 0 aliphatic heterocycles. The molecule has 0 radical (unpaired) electrons. The van der Waals surface area contributed by atoms with Gasteiger partial charge in [0.2, 0.25) is 5.28 Å². The number of hydrogen-bond acceptors (Lipinski definition) is 3. The molecule has 0 fully saturated rings. The predicted octanol–water partition coefficient (Wildman–Crippen LogP) is 3.53. The molecule has 0 aliphatic carbocycles. The number of rotatable bonds is 3. The van der Waals surface area contributed by atoms with Crippen LogP contribution in [0.15, 0.2) is 29.0 Å². The summed E-state index contributed by atoms with van der Waals surface area (Å²) in [6.07, 6.45) is 3.36. The van der Waals surface area contributed by atoms with E-state index in [1.165, 1.54) is 6.20 Å². The van der Waals surface area contributed by atoms with Crippen molar-refractivity contribution in [2.24, 2.45) is 0 Å². The van der Waals surface area contributed by atoms with E-state index in [2.05, 4.69) is 31.2 Å². The normalized spacial score (nSPS) is 10.8. The summed E-state index contributed by atoms with van der Waals surface area (Å²) in [4.78, 5) is 19.9. The number of nitrogens with one attached hydrogen (secondary N) is 1. The molecule has 100 valence electrons. The van der Waals surface area contributed by atoms with Crippen LogP contribution in [0.4, 0.5) is 5.82 Å². The van der Waals surface area contributed by atoms with Gasteiger partial charge in [0.05, 0.1) is 0 Å². The van der Waals surface area contributed by atoms with E-state index in [4.69, 9.17) is 11.6 Å². The van der Waals surface area contributed by atoms with Crippen molar-refractivity contribution >= 4 is 39.3 Å². The average Bonchev–Trinajstić information content (AvgIpc) is 2.71. The maximum atomic E-state index is 12.2. The van der Waals surface area contributed by atoms with Crippen LogP contribution in [-0.4, -0.2) is 20.4 Å². The second-order valence-corrected chi connectivity index (χ2v) is 5.46. The molecule has 0 aromatic carbocycles. The third-order valence-corrected chi connectivity index (χ3v) is 3.09. The van der Waals surface area contributed by atoms with Gasteiger partial charge in [0.15, 0.2) is 0 Å². The van der Waals surface area contributed by atoms with Gasteiger partial charge in [-0.05, 0) is 53.5 Å². The van der Waals surface area contributed by atoms with Crippen molar-refractivity contribution in [1.82, 2.24) is 14.5 Å². The van der Waals surface area contributed by atoms with Crippen LogP contribution in [0.3, 0.4) is 0 Å². The van der Waals surface area contributed by atoms with Gasteiger partial charge in [-0.1, -0.05) is 0 Å². The minimum absolute atomic E-state index is 0.0956. The molecule has 2 aromatic heterocycles. The van der Waals surface area contributed by atoms with E-state index in [1.54, 1.807) is 12.1 Å². The average molecular weight is 344 g/mol. The maximum absolute atomic E-state index is 12.2. The van der Waals surface area contributed by atoms with E-state index in [9.17, 15) is 4.79 Å². The summed E-state index contributed by atoms with van der Waals surface area (Å²) in [6.45, 7) is 4.01. The molecule has 2 rings (SSSR count). The van der Waals surface area contributed by atoms with Crippen LogP contribution in [0, 0.1) is 0 Å². The molecule has 0 saturated carbocycles. The van der Waals surface area contributed by atoms with Crippen LogP contribution in [0.1, 0.15) is 30.4 Å². The summed E-state index contributed by atoms with van der Waals surface area (Å²) < 4.78 is 2.73. The summed E-state index contributed by atoms with van der Waals surface area (Å²) in [5, 5.41) is 2.79. The van der Waals surface area contributed by atoms with Crippen molar-refractivity contribution in [1.29, 1.82) is 0 Å². The summed E-state index contributed by atoms with van der Waals surface area (Å²) in [5.74, 6) is 0.131. The number of carbonyl (C=O) groups excluding carboxylic acids is 1. The van der Waals surface area contributed by atoms with E-state index >= 15 is 0 Å². The number of hydrogen-bond donors (Lipinski definition) is 1. The highest BCUT2D eigenvalue weighted by atomic mass is 79.9. The van der Waals surface area contributed by atoms with Gasteiger partial charge in [-0.3, -0.25) is 4.79 Å². The van der Waals surface area contributed by atoms with Crippen molar-refractivity contribution in [2.75, 3.05) is 5.32 Å². The molecule has 19 heavy (non-hydrogen) atoms. The quantitative estimate of drug-likeness (QED) is 0.867. The number of carbonyl (C=O) groups is 1. The van der Waals surface area contributed by atoms with Crippen LogP contribution in [0.5, 0.6) is 0 Å². The topological polar surface area (TPSA) is 59.8 Å². The molecular formula is C12H12BrClN4O. The number of anilines is 1. The first kappa shape index (κ1) is 14.0. The maximum Gasteiger partial charge on any atom is 0.273 e. The highest BCUT2D eigenvalue weighted by molar-refractivity contribution is 9.10. The summed E-state index contributed by atoms with van der Waals surface area (Å²) in [7, 11) is 0. The van der Waals surface area contributed by atoms with Crippen LogP contribution < -0.4 is 5.32 Å². The van der Waals surface area contributed by atoms with Crippen LogP contribution >= 0.6 is 27.5 Å². The number of aromatic nitrogens is 3. The molecule has 0 bridgehead atoms. The van der Waals surface area contributed by atoms with Crippen LogP contribution in [-0.2, 0) is 0 Å². The van der Waals surface area contributed by atoms with Crippen molar-refractivity contribution < 1.29 is 4.79 Å². The molecule has 0 unspecified atom stereocenters. The first-order valence-corrected chi connectivity index (χ1v) is 6.81. The van der Waals surface area contributed by atoms with Crippen LogP contribution in [0.25, 0.3) is 0 Å². The molecule has 0 spiro atoms. The zero-order chi connectivity index (χ0) is 14.0. The van der Waals surface area contributed by atoms with Gasteiger partial charge >= 0.3 is 0 Å². The highest BCUT2D eigenvalue weighted by Crippen LogP contribution is 2.20. The van der Waals surface area contributed by atoms with E-state index in [-0.39, 0.29) is 17.2 Å².